The summed E-state index contributed by atoms with van der Waals surface area (Å²) in [7, 11) is -0.182. The van der Waals surface area contributed by atoms with Gasteiger partial charge in [-0.15, -0.1) is 0 Å². The summed E-state index contributed by atoms with van der Waals surface area (Å²) in [4.78, 5) is 8.94. The molecule has 2 atom stereocenters. The van der Waals surface area contributed by atoms with Crippen molar-refractivity contribution in [2.75, 3.05) is 33.1 Å². The van der Waals surface area contributed by atoms with Crippen molar-refractivity contribution in [3.05, 3.63) is 48.9 Å². The first kappa shape index (κ1) is 18.1. The minimum Gasteiger partial charge on any atom is -0.379 e. The van der Waals surface area contributed by atoms with Crippen LogP contribution in [0.1, 0.15) is 6.04 Å². The number of pyridine rings is 1. The lowest BCUT2D eigenvalue weighted by molar-refractivity contribution is 0.182. The van der Waals surface area contributed by atoms with Crippen LogP contribution in [0.5, 0.6) is 0 Å². The molecule has 8 heteroatoms. The van der Waals surface area contributed by atoms with Gasteiger partial charge in [-0.3, -0.25) is 4.98 Å². The average Bonchev–Trinajstić information content (AvgIpc) is 3.29. The Balaban J connectivity index is 1.68. The summed E-state index contributed by atoms with van der Waals surface area (Å²) in [5.74, 6) is 0.732. The SMILES string of the molecule is CN(C)S(=O)(=O)C[C@@H]1COC[C@H]1n1ccnc1-c1ccc2cccnc2c1. The lowest BCUT2D eigenvalue weighted by Crippen LogP contribution is -2.32. The fourth-order valence-electron chi connectivity index (χ4n) is 3.48. The van der Waals surface area contributed by atoms with E-state index in [9.17, 15) is 8.42 Å². The third kappa shape index (κ3) is 3.47. The van der Waals surface area contributed by atoms with Gasteiger partial charge in [0.25, 0.3) is 0 Å². The lowest BCUT2D eigenvalue weighted by atomic mass is 10.1. The highest BCUT2D eigenvalue weighted by atomic mass is 32.2. The fourth-order valence-corrected chi connectivity index (χ4v) is 4.64. The first-order chi connectivity index (χ1) is 13.0. The number of benzene rings is 1. The molecule has 1 aliphatic heterocycles. The average molecular weight is 386 g/mol. The normalized spacial score (nSPS) is 20.6. The number of ether oxygens (including phenoxy) is 1. The number of imidazole rings is 1. The maximum Gasteiger partial charge on any atom is 0.214 e. The minimum atomic E-state index is -3.30. The van der Waals surface area contributed by atoms with E-state index in [0.29, 0.717) is 13.2 Å². The Morgan fingerprint density at radius 3 is 2.85 bits per heavy atom. The van der Waals surface area contributed by atoms with E-state index in [4.69, 9.17) is 4.74 Å². The van der Waals surface area contributed by atoms with Crippen LogP contribution in [-0.2, 0) is 14.8 Å². The van der Waals surface area contributed by atoms with E-state index in [-0.39, 0.29) is 17.7 Å². The van der Waals surface area contributed by atoms with E-state index < -0.39 is 10.0 Å². The highest BCUT2D eigenvalue weighted by Crippen LogP contribution is 2.32. The summed E-state index contributed by atoms with van der Waals surface area (Å²) >= 11 is 0. The molecule has 1 aromatic carbocycles. The molecule has 1 saturated heterocycles. The van der Waals surface area contributed by atoms with Crippen LogP contribution in [0.3, 0.4) is 0 Å². The van der Waals surface area contributed by atoms with Crippen molar-refractivity contribution >= 4 is 20.9 Å². The van der Waals surface area contributed by atoms with E-state index in [1.807, 2.05) is 41.1 Å². The molecule has 0 spiro atoms. The van der Waals surface area contributed by atoms with Crippen molar-refractivity contribution < 1.29 is 13.2 Å². The fraction of sp³-hybridized carbons (Fsp3) is 0.368. The zero-order valence-corrected chi connectivity index (χ0v) is 16.1. The molecular formula is C19H22N4O3S. The largest absolute Gasteiger partial charge is 0.379 e. The van der Waals surface area contributed by atoms with Crippen molar-refractivity contribution in [3.8, 4) is 11.4 Å². The summed E-state index contributed by atoms with van der Waals surface area (Å²) in [5.41, 5.74) is 1.85. The predicted octanol–water partition coefficient (Wildman–Crippen LogP) is 2.18. The van der Waals surface area contributed by atoms with Gasteiger partial charge in [0.15, 0.2) is 0 Å². The quantitative estimate of drug-likeness (QED) is 0.672. The van der Waals surface area contributed by atoms with Crippen LogP contribution in [0, 0.1) is 5.92 Å². The second-order valence-corrected chi connectivity index (χ2v) is 9.22. The summed E-state index contributed by atoms with van der Waals surface area (Å²) in [6, 6.07) is 9.91. The molecule has 0 bridgehead atoms. The van der Waals surface area contributed by atoms with Gasteiger partial charge in [-0.1, -0.05) is 18.2 Å². The number of aromatic nitrogens is 3. The highest BCUT2D eigenvalue weighted by Gasteiger charge is 2.35. The summed E-state index contributed by atoms with van der Waals surface area (Å²) in [6.07, 6.45) is 5.41. The van der Waals surface area contributed by atoms with Crippen LogP contribution in [0.25, 0.3) is 22.3 Å². The van der Waals surface area contributed by atoms with Gasteiger partial charge in [0.1, 0.15) is 5.82 Å². The number of hydrogen-bond donors (Lipinski definition) is 0. The molecule has 142 valence electrons. The molecule has 0 amide bonds. The van der Waals surface area contributed by atoms with E-state index in [1.54, 1.807) is 26.5 Å². The van der Waals surface area contributed by atoms with E-state index in [2.05, 4.69) is 9.97 Å². The molecule has 27 heavy (non-hydrogen) atoms. The number of fused-ring (bicyclic) bond motifs is 1. The van der Waals surface area contributed by atoms with Crippen LogP contribution < -0.4 is 0 Å². The van der Waals surface area contributed by atoms with Crippen molar-refractivity contribution in [2.24, 2.45) is 5.92 Å². The molecule has 3 heterocycles. The standard InChI is InChI=1S/C19H22N4O3S/c1-22(2)27(24,25)13-16-11-26-12-18(16)23-9-8-21-19(23)15-6-5-14-4-3-7-20-17(14)10-15/h3-10,16,18H,11-13H2,1-2H3/t16-,18+/m0/s1. The van der Waals surface area contributed by atoms with Gasteiger partial charge in [0.2, 0.25) is 10.0 Å². The molecular weight excluding hydrogens is 364 g/mol. The highest BCUT2D eigenvalue weighted by molar-refractivity contribution is 7.89. The monoisotopic (exact) mass is 386 g/mol. The van der Waals surface area contributed by atoms with Gasteiger partial charge in [-0.2, -0.15) is 0 Å². The molecule has 2 aromatic heterocycles. The maximum absolute atomic E-state index is 12.3. The lowest BCUT2D eigenvalue weighted by Gasteiger charge is -2.22. The second-order valence-electron chi connectivity index (χ2n) is 6.99. The molecule has 0 saturated carbocycles. The van der Waals surface area contributed by atoms with Crippen molar-refractivity contribution in [1.82, 2.24) is 18.8 Å². The molecule has 7 nitrogen and oxygen atoms in total. The molecule has 4 rings (SSSR count). The number of sulfonamides is 1. The molecule has 0 N–H and O–H groups in total. The molecule has 0 unspecified atom stereocenters. The Morgan fingerprint density at radius 2 is 2.04 bits per heavy atom. The summed E-state index contributed by atoms with van der Waals surface area (Å²) in [6.45, 7) is 0.900. The minimum absolute atomic E-state index is 0.0571. The van der Waals surface area contributed by atoms with Gasteiger partial charge < -0.3 is 9.30 Å². The first-order valence-corrected chi connectivity index (χ1v) is 10.4. The summed E-state index contributed by atoms with van der Waals surface area (Å²) in [5, 5.41) is 1.07. The van der Waals surface area contributed by atoms with Gasteiger partial charge >= 0.3 is 0 Å². The van der Waals surface area contributed by atoms with Crippen LogP contribution in [-0.4, -0.2) is 60.3 Å². The third-order valence-electron chi connectivity index (χ3n) is 5.04. The molecule has 1 fully saturated rings. The van der Waals surface area contributed by atoms with E-state index in [1.165, 1.54) is 4.31 Å². The third-order valence-corrected chi connectivity index (χ3v) is 7.00. The zero-order chi connectivity index (χ0) is 19.0. The molecule has 0 radical (unpaired) electrons. The van der Waals surface area contributed by atoms with Gasteiger partial charge in [0.05, 0.1) is 30.5 Å². The van der Waals surface area contributed by atoms with Crippen molar-refractivity contribution in [2.45, 2.75) is 6.04 Å². The first-order valence-electron chi connectivity index (χ1n) is 8.81. The second kappa shape index (κ2) is 7.03. The number of hydrogen-bond acceptors (Lipinski definition) is 5. The number of nitrogens with zero attached hydrogens (tertiary/aromatic N) is 4. The van der Waals surface area contributed by atoms with Gasteiger partial charge in [-0.05, 0) is 12.1 Å². The molecule has 0 aliphatic carbocycles. The molecule has 1 aliphatic rings. The smallest absolute Gasteiger partial charge is 0.214 e. The Hall–Kier alpha value is -2.29. The van der Waals surface area contributed by atoms with E-state index >= 15 is 0 Å². The topological polar surface area (TPSA) is 77.3 Å². The van der Waals surface area contributed by atoms with Crippen LogP contribution in [0.4, 0.5) is 0 Å². The Kier molecular flexibility index (Phi) is 4.71. The Labute approximate surface area is 158 Å². The van der Waals surface area contributed by atoms with Crippen molar-refractivity contribution in [3.63, 3.8) is 0 Å². The van der Waals surface area contributed by atoms with Crippen LogP contribution in [0.2, 0.25) is 0 Å². The number of rotatable bonds is 5. The zero-order valence-electron chi connectivity index (χ0n) is 15.3. The maximum atomic E-state index is 12.3. The summed E-state index contributed by atoms with van der Waals surface area (Å²) < 4.78 is 33.6. The van der Waals surface area contributed by atoms with Crippen LogP contribution >= 0.6 is 0 Å². The predicted molar refractivity (Wildman–Crippen MR) is 104 cm³/mol. The van der Waals surface area contributed by atoms with E-state index in [0.717, 1.165) is 22.3 Å². The molecule has 3 aromatic rings. The Bertz CT molecular complexity index is 1060. The Morgan fingerprint density at radius 1 is 1.19 bits per heavy atom. The van der Waals surface area contributed by atoms with Crippen molar-refractivity contribution in [1.29, 1.82) is 0 Å². The van der Waals surface area contributed by atoms with Crippen LogP contribution in [0.15, 0.2) is 48.9 Å². The van der Waals surface area contributed by atoms with Gasteiger partial charge in [0, 0.05) is 49.6 Å². The van der Waals surface area contributed by atoms with Gasteiger partial charge in [-0.25, -0.2) is 17.7 Å².